The minimum absolute atomic E-state index is 0.215. The quantitative estimate of drug-likeness (QED) is 0.814. The van der Waals surface area contributed by atoms with Crippen molar-refractivity contribution >= 4 is 16.0 Å². The first-order valence-corrected chi connectivity index (χ1v) is 8.82. The van der Waals surface area contributed by atoms with Crippen molar-refractivity contribution < 1.29 is 26.3 Å². The molecule has 0 aliphatic heterocycles. The summed E-state index contributed by atoms with van der Waals surface area (Å²) >= 11 is 0. The summed E-state index contributed by atoms with van der Waals surface area (Å²) in [6.07, 6.45) is -5.00. The maximum atomic E-state index is 12.5. The number of para-hydroxylation sites is 1. The predicted molar refractivity (Wildman–Crippen MR) is 88.2 cm³/mol. The van der Waals surface area contributed by atoms with Crippen LogP contribution in [-0.4, -0.2) is 38.8 Å². The molecule has 1 aromatic heterocycles. The molecule has 0 atom stereocenters. The maximum absolute atomic E-state index is 12.5. The molecule has 0 spiro atoms. The summed E-state index contributed by atoms with van der Waals surface area (Å²) in [5.74, 6) is -0.416. The van der Waals surface area contributed by atoms with Crippen LogP contribution in [-0.2, 0) is 16.6 Å². The third kappa shape index (κ3) is 5.30. The second kappa shape index (κ2) is 7.46. The number of benzene rings is 1. The van der Waals surface area contributed by atoms with E-state index < -0.39 is 27.0 Å². The Bertz CT molecular complexity index is 886. The fourth-order valence-electron chi connectivity index (χ4n) is 2.04. The maximum Gasteiger partial charge on any atom is 0.573 e. The predicted octanol–water partition coefficient (Wildman–Crippen LogP) is 2.23. The van der Waals surface area contributed by atoms with Crippen LogP contribution in [0, 0.1) is 6.92 Å². The average molecular weight is 390 g/mol. The number of rotatable bonds is 6. The van der Waals surface area contributed by atoms with Crippen LogP contribution >= 0.6 is 0 Å². The van der Waals surface area contributed by atoms with E-state index in [0.29, 0.717) is 17.3 Å². The zero-order chi connectivity index (χ0) is 19.5. The highest BCUT2D eigenvalue weighted by atomic mass is 32.2. The van der Waals surface area contributed by atoms with Gasteiger partial charge in [0.1, 0.15) is 10.6 Å². The van der Waals surface area contributed by atoms with Gasteiger partial charge in [-0.05, 0) is 25.1 Å². The first-order valence-electron chi connectivity index (χ1n) is 7.34. The molecule has 0 aliphatic carbocycles. The number of nitrogens with zero attached hydrogens (tertiary/aromatic N) is 3. The van der Waals surface area contributed by atoms with Gasteiger partial charge in [-0.2, -0.15) is 0 Å². The van der Waals surface area contributed by atoms with Crippen LogP contribution in [0.5, 0.6) is 5.75 Å². The molecule has 0 saturated carbocycles. The molecule has 1 heterocycles. The molecule has 142 valence electrons. The number of alkyl halides is 3. The van der Waals surface area contributed by atoms with Gasteiger partial charge in [0.2, 0.25) is 16.0 Å². The highest BCUT2D eigenvalue weighted by Gasteiger charge is 2.33. The first-order chi connectivity index (χ1) is 12.0. The molecule has 7 nitrogen and oxygen atoms in total. The van der Waals surface area contributed by atoms with Gasteiger partial charge in [0.25, 0.3) is 0 Å². The van der Waals surface area contributed by atoms with Crippen molar-refractivity contribution in [1.82, 2.24) is 14.7 Å². The summed E-state index contributed by atoms with van der Waals surface area (Å²) in [6.45, 7) is 1.51. The highest BCUT2D eigenvalue weighted by molar-refractivity contribution is 7.89. The second-order valence-corrected chi connectivity index (χ2v) is 7.25. The number of hydrogen-bond acceptors (Lipinski definition) is 6. The fraction of sp³-hybridized carbons (Fsp3) is 0.333. The van der Waals surface area contributed by atoms with E-state index in [0.717, 1.165) is 12.1 Å². The molecule has 2 aromatic rings. The van der Waals surface area contributed by atoms with E-state index in [2.05, 4.69) is 19.4 Å². The number of anilines is 1. The number of aryl methyl sites for hydroxylation is 1. The lowest BCUT2D eigenvalue weighted by molar-refractivity contribution is -0.275. The van der Waals surface area contributed by atoms with Crippen molar-refractivity contribution in [3.8, 4) is 5.75 Å². The van der Waals surface area contributed by atoms with Gasteiger partial charge in [-0.1, -0.05) is 12.1 Å². The lowest BCUT2D eigenvalue weighted by atomic mass is 10.3. The van der Waals surface area contributed by atoms with Gasteiger partial charge < -0.3 is 9.64 Å². The molecule has 0 bridgehead atoms. The van der Waals surface area contributed by atoms with Crippen molar-refractivity contribution in [3.63, 3.8) is 0 Å². The Balaban J connectivity index is 2.25. The van der Waals surface area contributed by atoms with Crippen molar-refractivity contribution in [2.24, 2.45) is 0 Å². The molecule has 0 saturated heterocycles. The van der Waals surface area contributed by atoms with Gasteiger partial charge in [0.05, 0.1) is 12.2 Å². The zero-order valence-corrected chi connectivity index (χ0v) is 15.0. The first kappa shape index (κ1) is 19.9. The van der Waals surface area contributed by atoms with Crippen molar-refractivity contribution in [3.05, 3.63) is 41.7 Å². The molecule has 0 amide bonds. The molecule has 11 heteroatoms. The monoisotopic (exact) mass is 390 g/mol. The molecule has 2 rings (SSSR count). The summed E-state index contributed by atoms with van der Waals surface area (Å²) in [6, 6.07) is 6.09. The van der Waals surface area contributed by atoms with Crippen LogP contribution in [0.1, 0.15) is 11.4 Å². The normalized spacial score (nSPS) is 12.1. The van der Waals surface area contributed by atoms with E-state index in [9.17, 15) is 21.6 Å². The van der Waals surface area contributed by atoms with Crippen molar-refractivity contribution in [2.45, 2.75) is 24.7 Å². The van der Waals surface area contributed by atoms with E-state index in [-0.39, 0.29) is 6.54 Å². The van der Waals surface area contributed by atoms with Crippen LogP contribution < -0.4 is 14.4 Å². The average Bonchev–Trinajstić information content (AvgIpc) is 2.51. The topological polar surface area (TPSA) is 84.4 Å². The van der Waals surface area contributed by atoms with Crippen molar-refractivity contribution in [2.75, 3.05) is 19.0 Å². The van der Waals surface area contributed by atoms with Gasteiger partial charge in [-0.25, -0.2) is 23.1 Å². The van der Waals surface area contributed by atoms with Gasteiger partial charge in [-0.15, -0.1) is 13.2 Å². The van der Waals surface area contributed by atoms with Gasteiger partial charge in [0.15, 0.2) is 0 Å². The molecule has 0 radical (unpaired) electrons. The van der Waals surface area contributed by atoms with Crippen LogP contribution in [0.15, 0.2) is 35.2 Å². The van der Waals surface area contributed by atoms with Crippen LogP contribution in [0.2, 0.25) is 0 Å². The smallest absolute Gasteiger partial charge is 0.404 e. The molecule has 0 unspecified atom stereocenters. The summed E-state index contributed by atoms with van der Waals surface area (Å²) in [5, 5.41) is 0. The summed E-state index contributed by atoms with van der Waals surface area (Å²) in [4.78, 5) is 9.41. The van der Waals surface area contributed by atoms with E-state index in [1.807, 2.05) is 0 Å². The third-order valence-electron chi connectivity index (χ3n) is 3.10. The van der Waals surface area contributed by atoms with E-state index in [1.54, 1.807) is 32.0 Å². The van der Waals surface area contributed by atoms with E-state index >= 15 is 0 Å². The van der Waals surface area contributed by atoms with Gasteiger partial charge in [-0.3, -0.25) is 0 Å². The minimum Gasteiger partial charge on any atom is -0.404 e. The Hall–Kier alpha value is -2.40. The SMILES string of the molecule is Cc1cc(CNS(=O)(=O)c2ccccc2OC(F)(F)F)nc(N(C)C)n1. The van der Waals surface area contributed by atoms with Crippen LogP contribution in [0.4, 0.5) is 19.1 Å². The zero-order valence-electron chi connectivity index (χ0n) is 14.2. The Morgan fingerprint density at radius 1 is 1.19 bits per heavy atom. The Labute approximate surface area is 148 Å². The number of halogens is 3. The van der Waals surface area contributed by atoms with Crippen LogP contribution in [0.25, 0.3) is 0 Å². The van der Waals surface area contributed by atoms with Crippen LogP contribution in [0.3, 0.4) is 0 Å². The van der Waals surface area contributed by atoms with Crippen molar-refractivity contribution in [1.29, 1.82) is 0 Å². The lowest BCUT2D eigenvalue weighted by Crippen LogP contribution is -2.26. The number of ether oxygens (including phenoxy) is 1. The molecule has 1 aromatic carbocycles. The Morgan fingerprint density at radius 3 is 2.46 bits per heavy atom. The summed E-state index contributed by atoms with van der Waals surface area (Å²) in [7, 11) is -0.797. The lowest BCUT2D eigenvalue weighted by Gasteiger charge is -2.15. The Morgan fingerprint density at radius 2 is 1.85 bits per heavy atom. The van der Waals surface area contributed by atoms with Gasteiger partial charge >= 0.3 is 6.36 Å². The highest BCUT2D eigenvalue weighted by Crippen LogP contribution is 2.29. The molecule has 0 fully saturated rings. The molecular weight excluding hydrogens is 373 g/mol. The summed E-state index contributed by atoms with van der Waals surface area (Å²) in [5.41, 5.74) is 0.998. The molecular formula is C15H17F3N4O3S. The number of sulfonamides is 1. The minimum atomic E-state index is -5.00. The Kier molecular flexibility index (Phi) is 5.71. The number of aromatic nitrogens is 2. The standard InChI is InChI=1S/C15H17F3N4O3S/c1-10-8-11(21-14(20-10)22(2)3)9-19-26(23,24)13-7-5-4-6-12(13)25-15(16,17)18/h4-8,19H,9H2,1-3H3. The third-order valence-corrected chi connectivity index (χ3v) is 4.54. The fourth-order valence-corrected chi connectivity index (χ4v) is 3.16. The van der Waals surface area contributed by atoms with E-state index in [4.69, 9.17) is 0 Å². The number of hydrogen-bond donors (Lipinski definition) is 1. The second-order valence-electron chi connectivity index (χ2n) is 5.51. The largest absolute Gasteiger partial charge is 0.573 e. The number of nitrogens with one attached hydrogen (secondary N) is 1. The van der Waals surface area contributed by atoms with E-state index in [1.165, 1.54) is 12.1 Å². The summed E-state index contributed by atoms with van der Waals surface area (Å²) < 4.78 is 68.2. The molecule has 26 heavy (non-hydrogen) atoms. The molecule has 0 aliphatic rings. The molecule has 1 N–H and O–H groups in total. The van der Waals surface area contributed by atoms with Gasteiger partial charge in [0, 0.05) is 19.8 Å².